The molecule has 3 unspecified atom stereocenters. The van der Waals surface area contributed by atoms with Gasteiger partial charge >= 0.3 is 31.8 Å². The predicted octanol–water partition coefficient (Wildman–Crippen LogP) is 5.91. The molecular formula is C31H43N4O11P. The van der Waals surface area contributed by atoms with Gasteiger partial charge in [-0.25, -0.2) is 24.1 Å². The van der Waals surface area contributed by atoms with E-state index in [4.69, 9.17) is 24.5 Å². The lowest BCUT2D eigenvalue weighted by Gasteiger charge is -2.29. The van der Waals surface area contributed by atoms with Gasteiger partial charge in [0, 0.05) is 0 Å². The van der Waals surface area contributed by atoms with Gasteiger partial charge in [-0.15, -0.1) is 4.99 Å². The summed E-state index contributed by atoms with van der Waals surface area (Å²) in [6, 6.07) is 13.8. The van der Waals surface area contributed by atoms with Crippen LogP contribution in [0, 0.1) is 5.92 Å². The fourth-order valence-electron chi connectivity index (χ4n) is 3.87. The van der Waals surface area contributed by atoms with E-state index < -0.39 is 66.8 Å². The second kappa shape index (κ2) is 15.9. The molecule has 5 N–H and O–H groups in total. The van der Waals surface area contributed by atoms with E-state index in [0.29, 0.717) is 10.5 Å². The number of hydrogen-bond acceptors (Lipinski definition) is 9. The Labute approximate surface area is 273 Å². The summed E-state index contributed by atoms with van der Waals surface area (Å²) in [6.45, 7) is 12.5. The first-order chi connectivity index (χ1) is 21.6. The minimum absolute atomic E-state index is 0.118. The molecule has 0 aliphatic carbocycles. The molecule has 0 aromatic heterocycles. The maximum Gasteiger partial charge on any atom is 0.437 e. The summed E-state index contributed by atoms with van der Waals surface area (Å²) in [5.41, 5.74) is 4.46. The third-order valence-corrected chi connectivity index (χ3v) is 7.72. The zero-order valence-corrected chi connectivity index (χ0v) is 28.5. The van der Waals surface area contributed by atoms with Crippen LogP contribution in [0.5, 0.6) is 0 Å². The average Bonchev–Trinajstić information content (AvgIpc) is 2.92. The van der Waals surface area contributed by atoms with E-state index in [1.807, 2.05) is 0 Å². The molecule has 258 valence electrons. The van der Waals surface area contributed by atoms with Crippen LogP contribution in [0.2, 0.25) is 0 Å². The Bertz CT molecular complexity index is 1500. The molecule has 2 aromatic carbocycles. The zero-order valence-electron chi connectivity index (χ0n) is 27.6. The number of carbonyl (C=O) groups is 4. The number of amides is 3. The SMILES string of the molecule is CC(C)C(NC(=O)OCc1ccccc1)P(=O)(O)OC(C(=O)O)c1cccc(N(C(=O)OC(C)(C)C)C(N)=NC(=O)OC(C)(C)C)c1. The minimum atomic E-state index is -4.94. The van der Waals surface area contributed by atoms with E-state index in [1.165, 1.54) is 32.0 Å². The number of benzene rings is 2. The third-order valence-electron chi connectivity index (χ3n) is 5.78. The average molecular weight is 679 g/mol. The van der Waals surface area contributed by atoms with E-state index in [0.717, 1.165) is 6.07 Å². The Balaban J connectivity index is 2.43. The first-order valence-electron chi connectivity index (χ1n) is 14.5. The number of nitrogens with two attached hydrogens (primary N) is 1. The molecule has 2 rings (SSSR count). The molecule has 16 heteroatoms. The van der Waals surface area contributed by atoms with Crippen molar-refractivity contribution in [2.75, 3.05) is 4.90 Å². The van der Waals surface area contributed by atoms with Crippen LogP contribution in [0.4, 0.5) is 20.1 Å². The van der Waals surface area contributed by atoms with Crippen LogP contribution < -0.4 is 16.0 Å². The minimum Gasteiger partial charge on any atom is -0.479 e. The molecule has 3 atom stereocenters. The van der Waals surface area contributed by atoms with Crippen LogP contribution in [-0.4, -0.2) is 57.2 Å². The number of ether oxygens (including phenoxy) is 3. The van der Waals surface area contributed by atoms with E-state index in [9.17, 15) is 33.7 Å². The van der Waals surface area contributed by atoms with Gasteiger partial charge in [0.25, 0.3) is 0 Å². The van der Waals surface area contributed by atoms with E-state index >= 15 is 0 Å². The Hall–Kier alpha value is -4.46. The number of guanidine groups is 1. The number of carboxylic acids is 1. The molecule has 3 amide bonds. The lowest BCUT2D eigenvalue weighted by molar-refractivity contribution is -0.145. The molecular weight excluding hydrogens is 635 g/mol. The first kappa shape index (κ1) is 38.7. The summed E-state index contributed by atoms with van der Waals surface area (Å²) < 4.78 is 34.5. The van der Waals surface area contributed by atoms with Gasteiger partial charge in [-0.2, -0.15) is 0 Å². The Morgan fingerprint density at radius 3 is 2.09 bits per heavy atom. The molecule has 47 heavy (non-hydrogen) atoms. The number of hydrogen-bond donors (Lipinski definition) is 4. The quantitative estimate of drug-likeness (QED) is 0.0997. The summed E-state index contributed by atoms with van der Waals surface area (Å²) in [7, 11) is -4.94. The maximum atomic E-state index is 13.5. The van der Waals surface area contributed by atoms with Crippen molar-refractivity contribution in [3.8, 4) is 0 Å². The van der Waals surface area contributed by atoms with E-state index in [2.05, 4.69) is 10.3 Å². The molecule has 0 aliphatic heterocycles. The lowest BCUT2D eigenvalue weighted by Crippen LogP contribution is -2.45. The van der Waals surface area contributed by atoms with E-state index in [1.54, 1.807) is 71.9 Å². The van der Waals surface area contributed by atoms with Gasteiger partial charge in [0.1, 0.15) is 23.6 Å². The van der Waals surface area contributed by atoms with Crippen molar-refractivity contribution in [2.24, 2.45) is 16.6 Å². The third kappa shape index (κ3) is 12.7. The molecule has 0 saturated carbocycles. The topological polar surface area (TPSA) is 216 Å². The van der Waals surface area contributed by atoms with Gasteiger partial charge < -0.3 is 35.3 Å². The van der Waals surface area contributed by atoms with Crippen molar-refractivity contribution >= 4 is 43.5 Å². The number of carboxylic acid groups (broad SMARTS) is 1. The van der Waals surface area contributed by atoms with Crippen molar-refractivity contribution in [3.05, 3.63) is 65.7 Å². The van der Waals surface area contributed by atoms with Gasteiger partial charge in [-0.1, -0.05) is 56.3 Å². The zero-order chi connectivity index (χ0) is 35.7. The van der Waals surface area contributed by atoms with Crippen LogP contribution in [0.1, 0.15) is 72.6 Å². The number of anilines is 1. The Kier molecular flexibility index (Phi) is 13.1. The van der Waals surface area contributed by atoms with Crippen LogP contribution in [0.25, 0.3) is 0 Å². The highest BCUT2D eigenvalue weighted by Gasteiger charge is 2.41. The normalized spacial score (nSPS) is 14.7. The molecule has 0 radical (unpaired) electrons. The molecule has 0 spiro atoms. The number of carbonyl (C=O) groups excluding carboxylic acids is 3. The monoisotopic (exact) mass is 678 g/mol. The fraction of sp³-hybridized carbons (Fsp3) is 0.452. The van der Waals surface area contributed by atoms with Gasteiger partial charge in [0.2, 0.25) is 5.96 Å². The van der Waals surface area contributed by atoms with Crippen molar-refractivity contribution in [2.45, 2.75) is 85.1 Å². The van der Waals surface area contributed by atoms with Crippen LogP contribution in [-0.2, 0) is 34.7 Å². The molecule has 0 fully saturated rings. The molecule has 15 nitrogen and oxygen atoms in total. The largest absolute Gasteiger partial charge is 0.479 e. The standard InChI is InChI=1S/C31H43N4O11P/c1-19(2)24(33-27(38)43-18-20-13-10-9-11-14-20)47(41,42)46-23(25(36)37)21-15-12-16-22(17-21)35(29(40)45-31(6,7)8)26(32)34-28(39)44-30(3,4)5/h9-17,19,23-24H,18H2,1-8H3,(H,33,38)(H,36,37)(H,41,42)(H2,32,34,39). The summed E-state index contributed by atoms with van der Waals surface area (Å²) in [5.74, 6) is -4.60. The van der Waals surface area contributed by atoms with E-state index in [-0.39, 0.29) is 17.9 Å². The molecule has 2 aromatic rings. The van der Waals surface area contributed by atoms with Crippen LogP contribution in [0.15, 0.2) is 59.6 Å². The predicted molar refractivity (Wildman–Crippen MR) is 173 cm³/mol. The maximum absolute atomic E-state index is 13.5. The highest BCUT2D eigenvalue weighted by atomic mass is 31.2. The highest BCUT2D eigenvalue weighted by molar-refractivity contribution is 7.53. The summed E-state index contributed by atoms with van der Waals surface area (Å²) >= 11 is 0. The number of nitrogens with zero attached hydrogens (tertiary/aromatic N) is 2. The van der Waals surface area contributed by atoms with Gasteiger partial charge in [-0.3, -0.25) is 9.09 Å². The molecule has 0 heterocycles. The first-order valence-corrected chi connectivity index (χ1v) is 16.2. The van der Waals surface area contributed by atoms with Crippen molar-refractivity contribution in [1.29, 1.82) is 0 Å². The smallest absolute Gasteiger partial charge is 0.437 e. The Morgan fingerprint density at radius 1 is 0.957 bits per heavy atom. The van der Waals surface area contributed by atoms with Gasteiger partial charge in [-0.05, 0) is 70.7 Å². The van der Waals surface area contributed by atoms with Crippen molar-refractivity contribution < 1.29 is 52.5 Å². The highest BCUT2D eigenvalue weighted by Crippen LogP contribution is 2.53. The van der Waals surface area contributed by atoms with Crippen LogP contribution >= 0.6 is 7.60 Å². The summed E-state index contributed by atoms with van der Waals surface area (Å²) in [4.78, 5) is 65.8. The fourth-order valence-corrected chi connectivity index (χ4v) is 5.54. The lowest BCUT2D eigenvalue weighted by atomic mass is 10.1. The van der Waals surface area contributed by atoms with Gasteiger partial charge in [0.05, 0.1) is 5.69 Å². The molecule has 0 aliphatic rings. The number of aliphatic carboxylic acids is 1. The summed E-state index contributed by atoms with van der Waals surface area (Å²) in [5, 5.41) is 12.3. The van der Waals surface area contributed by atoms with Gasteiger partial charge in [0.15, 0.2) is 6.10 Å². The van der Waals surface area contributed by atoms with Crippen molar-refractivity contribution in [1.82, 2.24) is 5.32 Å². The Morgan fingerprint density at radius 2 is 1.55 bits per heavy atom. The summed E-state index contributed by atoms with van der Waals surface area (Å²) in [6.07, 6.45) is -5.27. The second-order valence-corrected chi connectivity index (χ2v) is 14.5. The number of rotatable bonds is 10. The molecule has 0 saturated heterocycles. The number of nitrogens with one attached hydrogen (secondary N) is 1. The van der Waals surface area contributed by atoms with Crippen molar-refractivity contribution in [3.63, 3.8) is 0 Å². The molecule has 0 bridgehead atoms. The second-order valence-electron chi connectivity index (χ2n) is 12.6. The number of aliphatic imine (C=N–C) groups is 1. The van der Waals surface area contributed by atoms with Crippen LogP contribution in [0.3, 0.4) is 0 Å². The number of alkyl carbamates (subject to hydrolysis) is 1.